The van der Waals surface area contributed by atoms with Gasteiger partial charge in [0.05, 0.1) is 0 Å². The van der Waals surface area contributed by atoms with Gasteiger partial charge in [0.2, 0.25) is 0 Å². The highest BCUT2D eigenvalue weighted by Gasteiger charge is 2.14. The van der Waals surface area contributed by atoms with E-state index in [0.29, 0.717) is 0 Å². The van der Waals surface area contributed by atoms with Crippen molar-refractivity contribution < 1.29 is 0 Å². The summed E-state index contributed by atoms with van der Waals surface area (Å²) in [5.41, 5.74) is 0. The van der Waals surface area contributed by atoms with Crippen molar-refractivity contribution >= 4 is 0 Å². The van der Waals surface area contributed by atoms with Gasteiger partial charge in [0.25, 0.3) is 0 Å². The largest absolute Gasteiger partial charge is 0.316 e. The quantitative estimate of drug-likeness (QED) is 0.660. The molecule has 0 amide bonds. The van der Waals surface area contributed by atoms with Crippen molar-refractivity contribution in [1.82, 2.24) is 5.32 Å². The van der Waals surface area contributed by atoms with Crippen LogP contribution in [0.1, 0.15) is 39.5 Å². The van der Waals surface area contributed by atoms with E-state index in [1.54, 1.807) is 0 Å². The average molecular weight is 155 g/mol. The summed E-state index contributed by atoms with van der Waals surface area (Å²) in [5, 5.41) is 3.46. The molecule has 0 aliphatic carbocycles. The second-order valence-corrected chi connectivity index (χ2v) is 3.96. The summed E-state index contributed by atoms with van der Waals surface area (Å²) in [4.78, 5) is 0. The molecule has 0 aromatic rings. The van der Waals surface area contributed by atoms with Crippen molar-refractivity contribution in [2.24, 2.45) is 11.8 Å². The molecule has 1 aliphatic heterocycles. The van der Waals surface area contributed by atoms with E-state index in [0.717, 1.165) is 11.8 Å². The van der Waals surface area contributed by atoms with E-state index in [1.165, 1.54) is 38.8 Å². The fraction of sp³-hybridized carbons (Fsp3) is 1.00. The minimum Gasteiger partial charge on any atom is -0.316 e. The second kappa shape index (κ2) is 4.76. The van der Waals surface area contributed by atoms with Gasteiger partial charge in [0, 0.05) is 0 Å². The van der Waals surface area contributed by atoms with Gasteiger partial charge in [-0.3, -0.25) is 0 Å². The van der Waals surface area contributed by atoms with Crippen molar-refractivity contribution in [3.8, 4) is 0 Å². The highest BCUT2D eigenvalue weighted by atomic mass is 14.9. The molecule has 1 heteroatoms. The Kier molecular flexibility index (Phi) is 3.92. The van der Waals surface area contributed by atoms with Crippen molar-refractivity contribution in [1.29, 1.82) is 0 Å². The van der Waals surface area contributed by atoms with Crippen molar-refractivity contribution in [2.75, 3.05) is 13.1 Å². The van der Waals surface area contributed by atoms with Gasteiger partial charge in [0.1, 0.15) is 0 Å². The van der Waals surface area contributed by atoms with Crippen LogP contribution in [0.2, 0.25) is 0 Å². The fourth-order valence-electron chi connectivity index (χ4n) is 1.86. The van der Waals surface area contributed by atoms with E-state index >= 15 is 0 Å². The Balaban J connectivity index is 2.13. The minimum atomic E-state index is 0.930. The highest BCUT2D eigenvalue weighted by molar-refractivity contribution is 4.70. The van der Waals surface area contributed by atoms with Crippen molar-refractivity contribution in [3.05, 3.63) is 0 Å². The Morgan fingerprint density at radius 3 is 2.91 bits per heavy atom. The summed E-state index contributed by atoms with van der Waals surface area (Å²) in [7, 11) is 0. The van der Waals surface area contributed by atoms with Gasteiger partial charge in [-0.15, -0.1) is 0 Å². The van der Waals surface area contributed by atoms with Gasteiger partial charge in [-0.1, -0.05) is 20.3 Å². The molecule has 1 heterocycles. The lowest BCUT2D eigenvalue weighted by atomic mass is 9.89. The van der Waals surface area contributed by atoms with Crippen LogP contribution in [0.15, 0.2) is 0 Å². The second-order valence-electron chi connectivity index (χ2n) is 3.96. The van der Waals surface area contributed by atoms with Crippen LogP contribution in [-0.4, -0.2) is 13.1 Å². The first-order chi connectivity index (χ1) is 5.33. The zero-order valence-electron chi connectivity index (χ0n) is 7.90. The van der Waals surface area contributed by atoms with Crippen molar-refractivity contribution in [3.63, 3.8) is 0 Å². The number of nitrogens with one attached hydrogen (secondary N) is 1. The summed E-state index contributed by atoms with van der Waals surface area (Å²) in [6.07, 6.45) is 5.62. The summed E-state index contributed by atoms with van der Waals surface area (Å²) >= 11 is 0. The molecule has 0 unspecified atom stereocenters. The van der Waals surface area contributed by atoms with Gasteiger partial charge in [-0.2, -0.15) is 0 Å². The Hall–Kier alpha value is -0.0400. The molecular formula is C10H21N. The fourth-order valence-corrected chi connectivity index (χ4v) is 1.86. The highest BCUT2D eigenvalue weighted by Crippen LogP contribution is 2.20. The standard InChI is InChI=1S/C10H21N/c1-3-9(2)7-10-5-4-6-11-8-10/h9-11H,3-8H2,1-2H3/t9-,10-/m0/s1. The smallest absolute Gasteiger partial charge is 0.00204 e. The molecule has 0 aromatic heterocycles. The van der Waals surface area contributed by atoms with E-state index in [4.69, 9.17) is 0 Å². The predicted molar refractivity (Wildman–Crippen MR) is 49.7 cm³/mol. The van der Waals surface area contributed by atoms with Gasteiger partial charge in [0.15, 0.2) is 0 Å². The van der Waals surface area contributed by atoms with Crippen LogP contribution in [-0.2, 0) is 0 Å². The maximum Gasteiger partial charge on any atom is -0.00204 e. The van der Waals surface area contributed by atoms with Crippen LogP contribution in [0.3, 0.4) is 0 Å². The maximum atomic E-state index is 3.46. The molecule has 66 valence electrons. The van der Waals surface area contributed by atoms with E-state index in [1.807, 2.05) is 0 Å². The van der Waals surface area contributed by atoms with Crippen molar-refractivity contribution in [2.45, 2.75) is 39.5 Å². The van der Waals surface area contributed by atoms with Gasteiger partial charge in [-0.05, 0) is 44.2 Å². The number of hydrogen-bond donors (Lipinski definition) is 1. The zero-order valence-corrected chi connectivity index (χ0v) is 7.90. The van der Waals surface area contributed by atoms with Crippen LogP contribution in [0.4, 0.5) is 0 Å². The lowest BCUT2D eigenvalue weighted by Gasteiger charge is -2.24. The summed E-state index contributed by atoms with van der Waals surface area (Å²) < 4.78 is 0. The molecule has 0 spiro atoms. The van der Waals surface area contributed by atoms with E-state index in [2.05, 4.69) is 19.2 Å². The van der Waals surface area contributed by atoms with Gasteiger partial charge >= 0.3 is 0 Å². The molecule has 1 saturated heterocycles. The number of hydrogen-bond acceptors (Lipinski definition) is 1. The molecule has 0 aromatic carbocycles. The lowest BCUT2D eigenvalue weighted by Crippen LogP contribution is -2.30. The molecule has 2 atom stereocenters. The minimum absolute atomic E-state index is 0.930. The summed E-state index contributed by atoms with van der Waals surface area (Å²) in [5.74, 6) is 1.90. The molecule has 1 nitrogen and oxygen atoms in total. The van der Waals surface area contributed by atoms with E-state index in [-0.39, 0.29) is 0 Å². The van der Waals surface area contributed by atoms with Gasteiger partial charge in [-0.25, -0.2) is 0 Å². The maximum absolute atomic E-state index is 3.46. The predicted octanol–water partition coefficient (Wildman–Crippen LogP) is 2.42. The number of rotatable bonds is 3. The Morgan fingerprint density at radius 1 is 1.55 bits per heavy atom. The van der Waals surface area contributed by atoms with Crippen LogP contribution in [0.5, 0.6) is 0 Å². The Labute approximate surface area is 70.6 Å². The van der Waals surface area contributed by atoms with Crippen LogP contribution in [0, 0.1) is 11.8 Å². The number of piperidine rings is 1. The Bertz CT molecular complexity index is 95.0. The van der Waals surface area contributed by atoms with Crippen LogP contribution < -0.4 is 5.32 Å². The molecule has 1 aliphatic rings. The first-order valence-electron chi connectivity index (χ1n) is 5.03. The normalized spacial score (nSPS) is 28.4. The van der Waals surface area contributed by atoms with E-state index < -0.39 is 0 Å². The molecule has 0 saturated carbocycles. The van der Waals surface area contributed by atoms with Crippen LogP contribution in [0.25, 0.3) is 0 Å². The molecule has 1 fully saturated rings. The molecule has 1 N–H and O–H groups in total. The Morgan fingerprint density at radius 2 is 2.36 bits per heavy atom. The van der Waals surface area contributed by atoms with E-state index in [9.17, 15) is 0 Å². The van der Waals surface area contributed by atoms with Gasteiger partial charge < -0.3 is 5.32 Å². The molecule has 0 radical (unpaired) electrons. The monoisotopic (exact) mass is 155 g/mol. The first kappa shape index (κ1) is 9.05. The summed E-state index contributed by atoms with van der Waals surface area (Å²) in [6, 6.07) is 0. The third-order valence-electron chi connectivity index (χ3n) is 2.83. The first-order valence-corrected chi connectivity index (χ1v) is 5.03. The summed E-state index contributed by atoms with van der Waals surface area (Å²) in [6.45, 7) is 7.18. The topological polar surface area (TPSA) is 12.0 Å². The third kappa shape index (κ3) is 3.24. The third-order valence-corrected chi connectivity index (χ3v) is 2.83. The average Bonchev–Trinajstić information content (AvgIpc) is 2.06. The zero-order chi connectivity index (χ0) is 8.10. The molecule has 1 rings (SSSR count). The molecule has 0 bridgehead atoms. The lowest BCUT2D eigenvalue weighted by molar-refractivity contribution is 0.308. The molecule has 11 heavy (non-hydrogen) atoms. The van der Waals surface area contributed by atoms with Crippen LogP contribution >= 0.6 is 0 Å². The SMILES string of the molecule is CC[C@H](C)C[C@@H]1CCCNC1. The molecular weight excluding hydrogens is 134 g/mol.